The Morgan fingerprint density at radius 3 is 2.70 bits per heavy atom. The third-order valence-corrected chi connectivity index (χ3v) is 7.33. The van der Waals surface area contributed by atoms with E-state index >= 15 is 0 Å². The lowest BCUT2D eigenvalue weighted by molar-refractivity contribution is -0.151. The van der Waals surface area contributed by atoms with Crippen LogP contribution in [-0.4, -0.2) is 49.2 Å². The van der Waals surface area contributed by atoms with Gasteiger partial charge in [-0.15, -0.1) is 0 Å². The number of allylic oxidation sites excluding steroid dienone is 2. The molecule has 3 aliphatic rings. The van der Waals surface area contributed by atoms with E-state index in [1.54, 1.807) is 29.1 Å². The number of aliphatic hydroxyl groups is 1. The zero-order chi connectivity index (χ0) is 23.1. The van der Waals surface area contributed by atoms with Crippen molar-refractivity contribution in [3.8, 4) is 0 Å². The number of carbonyl (C=O) groups is 2. The van der Waals surface area contributed by atoms with Crippen molar-refractivity contribution in [1.82, 2.24) is 14.5 Å². The number of carboxylic acid groups (broad SMARTS) is 1. The zero-order valence-electron chi connectivity index (χ0n) is 18.3. The molecule has 0 unspecified atom stereocenters. The Morgan fingerprint density at radius 1 is 1.18 bits per heavy atom. The SMILES string of the molecule is O=C(O)[C@@H]1[C@@H](CO)[C@@H]2Cn3c(ccc(C4=CCCCC4)c3=O)[C@@H]2N1C(=O)Cc1cccnc1. The number of carboxylic acids is 1. The number of carbonyl (C=O) groups excluding carboxylic acids is 1. The first-order valence-electron chi connectivity index (χ1n) is 11.5. The van der Waals surface area contributed by atoms with E-state index in [1.807, 2.05) is 12.1 Å². The van der Waals surface area contributed by atoms with Crippen LogP contribution in [0.3, 0.4) is 0 Å². The van der Waals surface area contributed by atoms with Crippen molar-refractivity contribution < 1.29 is 19.8 Å². The molecule has 1 amide bonds. The second-order valence-electron chi connectivity index (χ2n) is 9.14. The van der Waals surface area contributed by atoms with Crippen LogP contribution in [0.15, 0.2) is 47.5 Å². The van der Waals surface area contributed by atoms with Crippen molar-refractivity contribution in [1.29, 1.82) is 0 Å². The molecule has 2 aromatic heterocycles. The van der Waals surface area contributed by atoms with Gasteiger partial charge in [-0.25, -0.2) is 4.79 Å². The number of hydrogen-bond acceptors (Lipinski definition) is 5. The van der Waals surface area contributed by atoms with E-state index in [2.05, 4.69) is 11.1 Å². The minimum atomic E-state index is -1.14. The number of hydrogen-bond donors (Lipinski definition) is 2. The Morgan fingerprint density at radius 2 is 2.03 bits per heavy atom. The lowest BCUT2D eigenvalue weighted by Gasteiger charge is -2.29. The highest BCUT2D eigenvalue weighted by Gasteiger charge is 2.57. The molecule has 0 aromatic carbocycles. The summed E-state index contributed by atoms with van der Waals surface area (Å²) >= 11 is 0. The van der Waals surface area contributed by atoms with Gasteiger partial charge in [-0.05, 0) is 55.0 Å². The standard InChI is InChI=1S/C25H27N3O5/c29-14-19-18-13-27-20(9-8-17(24(27)31)16-6-2-1-3-7-16)22(18)28(23(19)25(32)33)21(30)11-15-5-4-10-26-12-15/h4-6,8-10,12,18-19,22-23,29H,1-3,7,11,13-14H2,(H,32,33)/t18-,19-,22+,23-/m0/s1. The molecular formula is C25H27N3O5. The number of likely N-dealkylation sites (tertiary alicyclic amines) is 1. The highest BCUT2D eigenvalue weighted by atomic mass is 16.4. The van der Waals surface area contributed by atoms with E-state index in [9.17, 15) is 24.6 Å². The lowest BCUT2D eigenvalue weighted by atomic mass is 9.88. The molecule has 0 bridgehead atoms. The second-order valence-corrected chi connectivity index (χ2v) is 9.14. The molecule has 8 nitrogen and oxygen atoms in total. The number of aliphatic carboxylic acids is 1. The first-order chi connectivity index (χ1) is 16.0. The maximum atomic E-state index is 13.4. The fourth-order valence-electron chi connectivity index (χ4n) is 5.84. The van der Waals surface area contributed by atoms with Gasteiger partial charge in [-0.3, -0.25) is 14.6 Å². The monoisotopic (exact) mass is 449 g/mol. The number of fused-ring (bicyclic) bond motifs is 3. The van der Waals surface area contributed by atoms with Crippen LogP contribution in [0.1, 0.15) is 48.5 Å². The summed E-state index contributed by atoms with van der Waals surface area (Å²) in [5.41, 5.74) is 2.98. The molecule has 0 saturated carbocycles. The minimum absolute atomic E-state index is 0.00813. The summed E-state index contributed by atoms with van der Waals surface area (Å²) in [6, 6.07) is 5.48. The topological polar surface area (TPSA) is 113 Å². The van der Waals surface area contributed by atoms with Crippen LogP contribution in [0.5, 0.6) is 0 Å². The van der Waals surface area contributed by atoms with Gasteiger partial charge in [-0.1, -0.05) is 12.1 Å². The van der Waals surface area contributed by atoms with Crippen LogP contribution < -0.4 is 5.56 Å². The van der Waals surface area contributed by atoms with Gasteiger partial charge in [0, 0.05) is 48.6 Å². The molecule has 1 aliphatic carbocycles. The van der Waals surface area contributed by atoms with Crippen molar-refractivity contribution >= 4 is 17.4 Å². The van der Waals surface area contributed by atoms with E-state index < -0.39 is 24.0 Å². The predicted octanol–water partition coefficient (Wildman–Crippen LogP) is 2.02. The van der Waals surface area contributed by atoms with Crippen molar-refractivity contribution in [3.63, 3.8) is 0 Å². The number of pyridine rings is 2. The van der Waals surface area contributed by atoms with Gasteiger partial charge in [0.2, 0.25) is 5.91 Å². The molecule has 2 N–H and O–H groups in total. The van der Waals surface area contributed by atoms with E-state index in [4.69, 9.17) is 0 Å². The molecule has 2 aliphatic heterocycles. The second kappa shape index (κ2) is 8.59. The summed E-state index contributed by atoms with van der Waals surface area (Å²) in [5.74, 6) is -2.47. The third-order valence-electron chi connectivity index (χ3n) is 7.33. The maximum absolute atomic E-state index is 13.4. The van der Waals surface area contributed by atoms with Gasteiger partial charge < -0.3 is 19.7 Å². The van der Waals surface area contributed by atoms with Gasteiger partial charge in [0.25, 0.3) is 5.56 Å². The van der Waals surface area contributed by atoms with Crippen LogP contribution >= 0.6 is 0 Å². The summed E-state index contributed by atoms with van der Waals surface area (Å²) in [6.07, 6.45) is 9.35. The van der Waals surface area contributed by atoms with Gasteiger partial charge in [0.1, 0.15) is 6.04 Å². The van der Waals surface area contributed by atoms with Gasteiger partial charge in [0.15, 0.2) is 0 Å². The van der Waals surface area contributed by atoms with Crippen LogP contribution in [-0.2, 0) is 22.6 Å². The molecule has 172 valence electrons. The first kappa shape index (κ1) is 21.6. The van der Waals surface area contributed by atoms with Crippen molar-refractivity contribution in [2.24, 2.45) is 11.8 Å². The molecule has 2 aromatic rings. The summed E-state index contributed by atoms with van der Waals surface area (Å²) in [5, 5.41) is 20.1. The van der Waals surface area contributed by atoms with E-state index in [1.165, 1.54) is 4.90 Å². The number of aromatic nitrogens is 2. The fourth-order valence-corrected chi connectivity index (χ4v) is 5.84. The highest BCUT2D eigenvalue weighted by Crippen LogP contribution is 2.49. The predicted molar refractivity (Wildman–Crippen MR) is 120 cm³/mol. The summed E-state index contributed by atoms with van der Waals surface area (Å²) in [6.45, 7) is -0.0683. The molecule has 33 heavy (non-hydrogen) atoms. The van der Waals surface area contributed by atoms with E-state index in [-0.39, 0.29) is 30.4 Å². The number of nitrogens with zero attached hydrogens (tertiary/aromatic N) is 3. The summed E-state index contributed by atoms with van der Waals surface area (Å²) in [4.78, 5) is 44.4. The van der Waals surface area contributed by atoms with Crippen LogP contribution in [0.2, 0.25) is 0 Å². The average Bonchev–Trinajstić information content (AvgIpc) is 3.35. The number of rotatable bonds is 5. The van der Waals surface area contributed by atoms with Crippen molar-refractivity contribution in [3.05, 3.63) is 69.9 Å². The Hall–Kier alpha value is -3.26. The average molecular weight is 450 g/mol. The molecule has 4 atom stereocenters. The highest BCUT2D eigenvalue weighted by molar-refractivity contribution is 5.86. The largest absolute Gasteiger partial charge is 0.480 e. The normalized spacial score (nSPS) is 26.0. The molecule has 1 saturated heterocycles. The van der Waals surface area contributed by atoms with Gasteiger partial charge in [0.05, 0.1) is 12.5 Å². The molecule has 1 fully saturated rings. The van der Waals surface area contributed by atoms with Crippen molar-refractivity contribution in [2.75, 3.05) is 6.61 Å². The van der Waals surface area contributed by atoms with Crippen LogP contribution in [0, 0.1) is 11.8 Å². The molecule has 4 heterocycles. The Labute approximate surface area is 191 Å². The molecule has 0 spiro atoms. The summed E-state index contributed by atoms with van der Waals surface area (Å²) in [7, 11) is 0. The molecular weight excluding hydrogens is 422 g/mol. The lowest BCUT2D eigenvalue weighted by Crippen LogP contribution is -2.46. The Kier molecular flexibility index (Phi) is 5.62. The quantitative estimate of drug-likeness (QED) is 0.722. The molecule has 0 radical (unpaired) electrons. The number of amides is 1. The summed E-state index contributed by atoms with van der Waals surface area (Å²) < 4.78 is 1.69. The minimum Gasteiger partial charge on any atom is -0.480 e. The molecule has 8 heteroatoms. The van der Waals surface area contributed by atoms with Crippen molar-refractivity contribution in [2.45, 2.75) is 50.7 Å². The van der Waals surface area contributed by atoms with E-state index in [0.29, 0.717) is 23.4 Å². The third kappa shape index (κ3) is 3.58. The Balaban J connectivity index is 1.56. The Bertz CT molecular complexity index is 1170. The first-order valence-corrected chi connectivity index (χ1v) is 11.5. The van der Waals surface area contributed by atoms with Crippen LogP contribution in [0.4, 0.5) is 0 Å². The molecule has 5 rings (SSSR count). The fraction of sp³-hybridized carbons (Fsp3) is 0.440. The number of aliphatic hydroxyl groups excluding tert-OH is 1. The van der Waals surface area contributed by atoms with Gasteiger partial charge in [-0.2, -0.15) is 0 Å². The van der Waals surface area contributed by atoms with Crippen LogP contribution in [0.25, 0.3) is 5.57 Å². The zero-order valence-corrected chi connectivity index (χ0v) is 18.3. The maximum Gasteiger partial charge on any atom is 0.326 e. The van der Waals surface area contributed by atoms with Gasteiger partial charge >= 0.3 is 5.97 Å². The smallest absolute Gasteiger partial charge is 0.326 e. The van der Waals surface area contributed by atoms with E-state index in [0.717, 1.165) is 31.3 Å².